The van der Waals surface area contributed by atoms with Crippen molar-refractivity contribution in [1.29, 1.82) is 0 Å². The van der Waals surface area contributed by atoms with Crippen LogP contribution in [0.5, 0.6) is 0 Å². The molecule has 9 nitrogen and oxygen atoms in total. The smallest absolute Gasteiger partial charge is 0.289 e. The minimum absolute atomic E-state index is 0.0113. The maximum Gasteiger partial charge on any atom is 0.289 e. The number of non-ortho nitro benzene ring substituents is 1. The molecular formula is C18H20N4O5. The molecule has 1 aromatic heterocycles. The van der Waals surface area contributed by atoms with Crippen molar-refractivity contribution in [3.63, 3.8) is 0 Å². The number of nitro groups is 1. The summed E-state index contributed by atoms with van der Waals surface area (Å²) < 4.78 is 5.13. The topological polar surface area (TPSA) is 109 Å². The van der Waals surface area contributed by atoms with Gasteiger partial charge in [0.05, 0.1) is 17.7 Å². The quantitative estimate of drug-likeness (QED) is 0.634. The molecule has 2 amide bonds. The number of carbonyl (C=O) groups is 2. The second-order valence-corrected chi connectivity index (χ2v) is 6.35. The van der Waals surface area contributed by atoms with E-state index in [1.54, 1.807) is 24.0 Å². The standard InChI is InChI=1S/C18H20N4O5/c1-13-11-14(22(25)26)4-5-15(13)19-17(23)12-20-6-8-21(9-7-20)18(24)16-3-2-10-27-16/h2-5,10-11H,6-9,12H2,1H3,(H,19,23). The Morgan fingerprint density at radius 1 is 1.22 bits per heavy atom. The molecule has 0 unspecified atom stereocenters. The lowest BCUT2D eigenvalue weighted by molar-refractivity contribution is -0.384. The zero-order chi connectivity index (χ0) is 19.4. The number of furan rings is 1. The van der Waals surface area contributed by atoms with Crippen LogP contribution in [-0.2, 0) is 4.79 Å². The van der Waals surface area contributed by atoms with Gasteiger partial charge < -0.3 is 14.6 Å². The van der Waals surface area contributed by atoms with Gasteiger partial charge in [-0.3, -0.25) is 24.6 Å². The van der Waals surface area contributed by atoms with E-state index in [0.717, 1.165) is 0 Å². The van der Waals surface area contributed by atoms with Crippen LogP contribution in [0.25, 0.3) is 0 Å². The van der Waals surface area contributed by atoms with Gasteiger partial charge in [0.25, 0.3) is 11.6 Å². The molecular weight excluding hydrogens is 352 g/mol. The third kappa shape index (κ3) is 4.50. The van der Waals surface area contributed by atoms with Crippen LogP contribution in [0.3, 0.4) is 0 Å². The number of aryl methyl sites for hydroxylation is 1. The first kappa shape index (κ1) is 18.6. The number of carbonyl (C=O) groups excluding carboxylic acids is 2. The summed E-state index contributed by atoms with van der Waals surface area (Å²) in [4.78, 5) is 38.5. The van der Waals surface area contributed by atoms with Crippen LogP contribution >= 0.6 is 0 Å². The molecule has 2 heterocycles. The molecule has 9 heteroatoms. The highest BCUT2D eigenvalue weighted by atomic mass is 16.6. The number of benzene rings is 1. The van der Waals surface area contributed by atoms with E-state index in [9.17, 15) is 19.7 Å². The van der Waals surface area contributed by atoms with Crippen LogP contribution in [0.2, 0.25) is 0 Å². The van der Waals surface area contributed by atoms with Gasteiger partial charge in [-0.25, -0.2) is 0 Å². The molecule has 1 aromatic carbocycles. The van der Waals surface area contributed by atoms with Gasteiger partial charge in [0.15, 0.2) is 5.76 Å². The Balaban J connectivity index is 1.50. The van der Waals surface area contributed by atoms with Gasteiger partial charge in [0, 0.05) is 44.0 Å². The van der Waals surface area contributed by atoms with Gasteiger partial charge in [0.1, 0.15) is 0 Å². The molecule has 0 spiro atoms. The van der Waals surface area contributed by atoms with Crippen molar-refractivity contribution >= 4 is 23.2 Å². The highest BCUT2D eigenvalue weighted by Gasteiger charge is 2.24. The fourth-order valence-corrected chi connectivity index (χ4v) is 2.96. The first-order valence-corrected chi connectivity index (χ1v) is 8.54. The van der Waals surface area contributed by atoms with Crippen LogP contribution in [0.15, 0.2) is 41.0 Å². The molecule has 1 aliphatic rings. The summed E-state index contributed by atoms with van der Waals surface area (Å²) in [5.41, 5.74) is 1.17. The summed E-state index contributed by atoms with van der Waals surface area (Å²) in [5.74, 6) is -0.0294. The Hall–Kier alpha value is -3.20. The Morgan fingerprint density at radius 2 is 1.96 bits per heavy atom. The first-order chi connectivity index (χ1) is 12.9. The van der Waals surface area contributed by atoms with E-state index in [-0.39, 0.29) is 24.0 Å². The predicted molar refractivity (Wildman–Crippen MR) is 97.5 cm³/mol. The molecule has 142 valence electrons. The summed E-state index contributed by atoms with van der Waals surface area (Å²) in [6.07, 6.45) is 1.47. The molecule has 0 atom stereocenters. The maximum atomic E-state index is 12.3. The van der Waals surface area contributed by atoms with Gasteiger partial charge in [-0.05, 0) is 30.7 Å². The molecule has 1 saturated heterocycles. The molecule has 1 aliphatic heterocycles. The normalized spacial score (nSPS) is 14.8. The molecule has 1 N–H and O–H groups in total. The number of nitro benzene ring substituents is 1. The Morgan fingerprint density at radius 3 is 2.56 bits per heavy atom. The lowest BCUT2D eigenvalue weighted by atomic mass is 10.2. The van der Waals surface area contributed by atoms with Gasteiger partial charge in [-0.15, -0.1) is 0 Å². The minimum atomic E-state index is -0.470. The lowest BCUT2D eigenvalue weighted by Crippen LogP contribution is -2.50. The average Bonchev–Trinajstić information content (AvgIpc) is 3.18. The molecule has 2 aromatic rings. The maximum absolute atomic E-state index is 12.3. The monoisotopic (exact) mass is 372 g/mol. The Labute approximate surface area is 155 Å². The molecule has 3 rings (SSSR count). The summed E-state index contributed by atoms with van der Waals surface area (Å²) in [6, 6.07) is 7.63. The van der Waals surface area contributed by atoms with Crippen molar-refractivity contribution in [2.75, 3.05) is 38.0 Å². The number of hydrogen-bond donors (Lipinski definition) is 1. The number of nitrogens with zero attached hydrogens (tertiary/aromatic N) is 3. The largest absolute Gasteiger partial charge is 0.459 e. The van der Waals surface area contributed by atoms with Crippen molar-refractivity contribution in [2.24, 2.45) is 0 Å². The third-order valence-electron chi connectivity index (χ3n) is 4.45. The van der Waals surface area contributed by atoms with Crippen LogP contribution in [0.1, 0.15) is 16.1 Å². The van der Waals surface area contributed by atoms with Crippen molar-refractivity contribution in [1.82, 2.24) is 9.80 Å². The van der Waals surface area contributed by atoms with Crippen molar-refractivity contribution in [3.05, 3.63) is 58.0 Å². The first-order valence-electron chi connectivity index (χ1n) is 8.54. The van der Waals surface area contributed by atoms with E-state index >= 15 is 0 Å². The van der Waals surface area contributed by atoms with E-state index in [1.165, 1.54) is 24.5 Å². The van der Waals surface area contributed by atoms with E-state index in [4.69, 9.17) is 4.42 Å². The molecule has 0 aliphatic carbocycles. The fraction of sp³-hybridized carbons (Fsp3) is 0.333. The highest BCUT2D eigenvalue weighted by molar-refractivity contribution is 5.93. The molecule has 0 radical (unpaired) electrons. The van der Waals surface area contributed by atoms with E-state index in [2.05, 4.69) is 5.32 Å². The predicted octanol–water partition coefficient (Wildman–Crippen LogP) is 1.89. The molecule has 0 bridgehead atoms. The highest BCUT2D eigenvalue weighted by Crippen LogP contribution is 2.21. The summed E-state index contributed by atoms with van der Waals surface area (Å²) >= 11 is 0. The molecule has 1 fully saturated rings. The number of anilines is 1. The van der Waals surface area contributed by atoms with Crippen LogP contribution in [0, 0.1) is 17.0 Å². The van der Waals surface area contributed by atoms with Crippen LogP contribution < -0.4 is 5.32 Å². The third-order valence-corrected chi connectivity index (χ3v) is 4.45. The van der Waals surface area contributed by atoms with Crippen molar-refractivity contribution in [2.45, 2.75) is 6.92 Å². The Kier molecular flexibility index (Phi) is 5.51. The number of nitrogens with one attached hydrogen (secondary N) is 1. The van der Waals surface area contributed by atoms with Crippen LogP contribution in [0.4, 0.5) is 11.4 Å². The van der Waals surface area contributed by atoms with Gasteiger partial charge in [0.2, 0.25) is 5.91 Å². The van der Waals surface area contributed by atoms with Gasteiger partial charge in [-0.1, -0.05) is 0 Å². The van der Waals surface area contributed by atoms with E-state index < -0.39 is 4.92 Å². The van der Waals surface area contributed by atoms with Crippen LogP contribution in [-0.4, -0.2) is 59.3 Å². The van der Waals surface area contributed by atoms with E-state index in [1.807, 2.05) is 4.90 Å². The average molecular weight is 372 g/mol. The second-order valence-electron chi connectivity index (χ2n) is 6.35. The van der Waals surface area contributed by atoms with E-state index in [0.29, 0.717) is 43.2 Å². The summed E-state index contributed by atoms with van der Waals surface area (Å²) in [7, 11) is 0. The number of rotatable bonds is 5. The minimum Gasteiger partial charge on any atom is -0.459 e. The zero-order valence-corrected chi connectivity index (χ0v) is 14.9. The summed E-state index contributed by atoms with van der Waals surface area (Å²) in [6.45, 7) is 4.10. The molecule has 27 heavy (non-hydrogen) atoms. The SMILES string of the molecule is Cc1cc([N+](=O)[O-])ccc1NC(=O)CN1CCN(C(=O)c2ccco2)CC1. The zero-order valence-electron chi connectivity index (χ0n) is 14.9. The second kappa shape index (κ2) is 8.00. The fourth-order valence-electron chi connectivity index (χ4n) is 2.96. The molecule has 0 saturated carbocycles. The van der Waals surface area contributed by atoms with Crippen molar-refractivity contribution in [3.8, 4) is 0 Å². The number of hydrogen-bond acceptors (Lipinski definition) is 6. The lowest BCUT2D eigenvalue weighted by Gasteiger charge is -2.33. The van der Waals surface area contributed by atoms with Gasteiger partial charge >= 0.3 is 0 Å². The number of amides is 2. The Bertz CT molecular complexity index is 841. The van der Waals surface area contributed by atoms with Crippen molar-refractivity contribution < 1.29 is 18.9 Å². The van der Waals surface area contributed by atoms with Gasteiger partial charge in [-0.2, -0.15) is 0 Å². The number of piperazine rings is 1. The summed E-state index contributed by atoms with van der Waals surface area (Å²) in [5, 5.41) is 13.6.